The van der Waals surface area contributed by atoms with Gasteiger partial charge in [-0.25, -0.2) is 0 Å². The molecule has 1 N–H and O–H groups in total. The first-order chi connectivity index (χ1) is 8.60. The summed E-state index contributed by atoms with van der Waals surface area (Å²) >= 11 is 0. The van der Waals surface area contributed by atoms with Gasteiger partial charge >= 0.3 is 5.97 Å². The second kappa shape index (κ2) is 10.4. The number of rotatable bonds is 6. The van der Waals surface area contributed by atoms with Crippen LogP contribution in [-0.2, 0) is 9.53 Å². The van der Waals surface area contributed by atoms with Crippen LogP contribution in [0.25, 0.3) is 0 Å². The van der Waals surface area contributed by atoms with Crippen molar-refractivity contribution in [2.45, 2.75) is 51.7 Å². The fraction of sp³-hybridized carbons (Fsp3) is 0.533. The van der Waals surface area contributed by atoms with Gasteiger partial charge in [0.1, 0.15) is 6.10 Å². The van der Waals surface area contributed by atoms with Gasteiger partial charge in [-0.05, 0) is 36.7 Å². The van der Waals surface area contributed by atoms with Crippen LogP contribution >= 0.6 is 0 Å². The van der Waals surface area contributed by atoms with Gasteiger partial charge in [-0.1, -0.05) is 32.3 Å². The van der Waals surface area contributed by atoms with Gasteiger partial charge in [-0.3, -0.25) is 4.79 Å². The molecule has 0 unspecified atom stereocenters. The summed E-state index contributed by atoms with van der Waals surface area (Å²) in [6, 6.07) is 0. The Balaban J connectivity index is 4.13. The van der Waals surface area contributed by atoms with Crippen molar-refractivity contribution in [3.8, 4) is 23.7 Å². The van der Waals surface area contributed by atoms with Crippen molar-refractivity contribution in [1.29, 1.82) is 0 Å². The summed E-state index contributed by atoms with van der Waals surface area (Å²) in [6.45, 7) is 6.91. The molecule has 0 aliphatic heterocycles. The minimum absolute atomic E-state index is 0.415. The molecule has 0 aliphatic rings. The summed E-state index contributed by atoms with van der Waals surface area (Å²) in [5.41, 5.74) is 0. The Hall–Kier alpha value is -1.71. The van der Waals surface area contributed by atoms with Crippen LogP contribution in [0.5, 0.6) is 0 Å². The molecule has 98 valence electrons. The summed E-state index contributed by atoms with van der Waals surface area (Å²) in [6.07, 6.45) is 3.97. The number of unbranched alkanes of at least 4 members (excludes halogenated alkanes) is 2. The number of aliphatic hydroxyl groups is 1. The van der Waals surface area contributed by atoms with Crippen molar-refractivity contribution < 1.29 is 14.6 Å². The van der Waals surface area contributed by atoms with Crippen molar-refractivity contribution in [2.75, 3.05) is 0 Å². The Bertz CT molecular complexity index is 376. The summed E-state index contributed by atoms with van der Waals surface area (Å²) in [4.78, 5) is 10.7. The summed E-state index contributed by atoms with van der Waals surface area (Å²) in [7, 11) is 0. The van der Waals surface area contributed by atoms with E-state index in [0.29, 0.717) is 6.42 Å². The second-order valence-corrected chi connectivity index (χ2v) is 3.82. The van der Waals surface area contributed by atoms with E-state index in [1.807, 2.05) is 0 Å². The predicted molar refractivity (Wildman–Crippen MR) is 71.5 cm³/mol. The molecule has 0 radical (unpaired) electrons. The van der Waals surface area contributed by atoms with E-state index in [9.17, 15) is 9.90 Å². The van der Waals surface area contributed by atoms with Crippen LogP contribution in [0.3, 0.4) is 0 Å². The molecule has 0 spiro atoms. The first-order valence-electron chi connectivity index (χ1n) is 6.09. The van der Waals surface area contributed by atoms with Crippen LogP contribution in [0, 0.1) is 23.7 Å². The van der Waals surface area contributed by atoms with E-state index in [1.165, 1.54) is 13.0 Å². The topological polar surface area (TPSA) is 46.5 Å². The molecular weight excluding hydrogens is 228 g/mol. The van der Waals surface area contributed by atoms with E-state index >= 15 is 0 Å². The number of carbonyl (C=O) groups is 1. The molecule has 0 rings (SSSR count). The van der Waals surface area contributed by atoms with Crippen molar-refractivity contribution in [2.24, 2.45) is 0 Å². The van der Waals surface area contributed by atoms with Gasteiger partial charge in [0.05, 0.1) is 0 Å². The molecule has 0 heterocycles. The van der Waals surface area contributed by atoms with Gasteiger partial charge in [0.2, 0.25) is 0 Å². The molecule has 18 heavy (non-hydrogen) atoms. The molecule has 0 aromatic heterocycles. The van der Waals surface area contributed by atoms with Crippen molar-refractivity contribution in [3.05, 3.63) is 12.7 Å². The van der Waals surface area contributed by atoms with Gasteiger partial charge in [0.25, 0.3) is 0 Å². The first kappa shape index (κ1) is 16.3. The molecule has 0 bridgehead atoms. The smallest absolute Gasteiger partial charge is 0.304 e. The number of ether oxygens (including phenoxy) is 1. The molecule has 3 nitrogen and oxygen atoms in total. The summed E-state index contributed by atoms with van der Waals surface area (Å²) in [5, 5.41) is 9.50. The molecule has 0 saturated carbocycles. The molecule has 0 fully saturated rings. The van der Waals surface area contributed by atoms with Gasteiger partial charge in [0, 0.05) is 6.92 Å². The molecule has 0 saturated heterocycles. The Morgan fingerprint density at radius 2 is 2.06 bits per heavy atom. The largest absolute Gasteiger partial charge is 0.445 e. The van der Waals surface area contributed by atoms with Crippen molar-refractivity contribution >= 4 is 5.97 Å². The lowest BCUT2D eigenvalue weighted by Gasteiger charge is -2.03. The molecule has 0 aromatic carbocycles. The van der Waals surface area contributed by atoms with Gasteiger partial charge < -0.3 is 9.84 Å². The van der Waals surface area contributed by atoms with Crippen LogP contribution in [0.2, 0.25) is 0 Å². The summed E-state index contributed by atoms with van der Waals surface area (Å²) in [5.74, 6) is 9.94. The minimum Gasteiger partial charge on any atom is -0.445 e. The highest BCUT2D eigenvalue weighted by atomic mass is 16.5. The van der Waals surface area contributed by atoms with Crippen LogP contribution in [0.4, 0.5) is 0 Å². The maximum Gasteiger partial charge on any atom is 0.304 e. The number of hydrogen-bond donors (Lipinski definition) is 1. The van der Waals surface area contributed by atoms with Crippen LogP contribution in [0.15, 0.2) is 12.7 Å². The number of aliphatic hydroxyl groups excluding tert-OH is 1. The van der Waals surface area contributed by atoms with E-state index < -0.39 is 18.2 Å². The van der Waals surface area contributed by atoms with Gasteiger partial charge in [-0.15, -0.1) is 0 Å². The first-order valence-corrected chi connectivity index (χ1v) is 6.09. The predicted octanol–water partition coefficient (Wildman–Crippen LogP) is 2.05. The average Bonchev–Trinajstić information content (AvgIpc) is 2.33. The second-order valence-electron chi connectivity index (χ2n) is 3.82. The Kier molecular flexibility index (Phi) is 9.45. The highest BCUT2D eigenvalue weighted by molar-refractivity contribution is 5.66. The third-order valence-corrected chi connectivity index (χ3v) is 2.10. The zero-order chi connectivity index (χ0) is 13.8. The molecular formula is C15H20O3. The van der Waals surface area contributed by atoms with Gasteiger partial charge in [-0.2, -0.15) is 0 Å². The third-order valence-electron chi connectivity index (χ3n) is 2.10. The summed E-state index contributed by atoms with van der Waals surface area (Å²) < 4.78 is 4.83. The monoisotopic (exact) mass is 248 g/mol. The number of carbonyl (C=O) groups excluding carboxylic acids is 1. The highest BCUT2D eigenvalue weighted by Gasteiger charge is 2.01. The molecule has 0 aromatic rings. The zero-order valence-corrected chi connectivity index (χ0v) is 11.0. The fourth-order valence-corrected chi connectivity index (χ4v) is 1.20. The lowest BCUT2D eigenvalue weighted by molar-refractivity contribution is -0.142. The van der Waals surface area contributed by atoms with E-state index in [0.717, 1.165) is 19.3 Å². The Labute approximate surface area is 109 Å². The van der Waals surface area contributed by atoms with Crippen LogP contribution < -0.4 is 0 Å². The molecule has 3 heteroatoms. The van der Waals surface area contributed by atoms with Crippen LogP contribution in [-0.4, -0.2) is 23.3 Å². The average molecular weight is 248 g/mol. The highest BCUT2D eigenvalue weighted by Crippen LogP contribution is 2.01. The van der Waals surface area contributed by atoms with E-state index in [4.69, 9.17) is 4.74 Å². The van der Waals surface area contributed by atoms with E-state index in [-0.39, 0.29) is 0 Å². The van der Waals surface area contributed by atoms with Crippen molar-refractivity contribution in [3.63, 3.8) is 0 Å². The SMILES string of the molecule is C=C[C@@H](C#CC#C[C@H](O)CCCCC)OC(C)=O. The minimum atomic E-state index is -0.644. The lowest BCUT2D eigenvalue weighted by atomic mass is 10.1. The van der Waals surface area contributed by atoms with E-state index in [2.05, 4.69) is 37.2 Å². The molecule has 2 atom stereocenters. The molecule has 0 amide bonds. The number of hydrogen-bond acceptors (Lipinski definition) is 3. The van der Waals surface area contributed by atoms with Crippen LogP contribution in [0.1, 0.15) is 39.5 Å². The lowest BCUT2D eigenvalue weighted by Crippen LogP contribution is -2.10. The van der Waals surface area contributed by atoms with Crippen molar-refractivity contribution in [1.82, 2.24) is 0 Å². The zero-order valence-electron chi connectivity index (χ0n) is 11.0. The molecule has 0 aliphatic carbocycles. The third kappa shape index (κ3) is 9.51. The Morgan fingerprint density at radius 1 is 1.39 bits per heavy atom. The maximum absolute atomic E-state index is 10.7. The normalized spacial score (nSPS) is 12.2. The number of esters is 1. The van der Waals surface area contributed by atoms with E-state index in [1.54, 1.807) is 0 Å². The van der Waals surface area contributed by atoms with Gasteiger partial charge in [0.15, 0.2) is 6.10 Å². The standard InChI is InChI=1S/C15H20O3/c1-4-6-7-10-14(17)11-8-9-12-15(5-2)18-13(3)16/h5,14-15,17H,2,4,6-7,10H2,1,3H3/t14-,15+/m1/s1. The Morgan fingerprint density at radius 3 is 2.61 bits per heavy atom. The fourth-order valence-electron chi connectivity index (χ4n) is 1.20. The quantitative estimate of drug-likeness (QED) is 0.339. The maximum atomic E-state index is 10.7.